The van der Waals surface area contributed by atoms with E-state index >= 15 is 0 Å². The van der Waals surface area contributed by atoms with Crippen LogP contribution in [0, 0.1) is 5.41 Å². The minimum absolute atomic E-state index is 0.0391. The van der Waals surface area contributed by atoms with Crippen molar-refractivity contribution < 1.29 is 24.3 Å². The van der Waals surface area contributed by atoms with Gasteiger partial charge in [0.25, 0.3) is 0 Å². The fraction of sp³-hybridized carbons (Fsp3) is 0.276. The van der Waals surface area contributed by atoms with E-state index < -0.39 is 39.6 Å². The van der Waals surface area contributed by atoms with E-state index in [-0.39, 0.29) is 24.3 Å². The number of quaternary nitrogens is 1. The summed E-state index contributed by atoms with van der Waals surface area (Å²) in [6.07, 6.45) is 3.10. The molecule has 2 atom stereocenters. The third kappa shape index (κ3) is 4.35. The summed E-state index contributed by atoms with van der Waals surface area (Å²) < 4.78 is -0.554. The van der Waals surface area contributed by atoms with Crippen LogP contribution in [0.5, 0.6) is 0 Å². The van der Waals surface area contributed by atoms with Gasteiger partial charge in [-0.2, -0.15) is 0 Å². The van der Waals surface area contributed by atoms with Crippen LogP contribution in [0.4, 0.5) is 11.4 Å². The Kier molecular flexibility index (Phi) is 7.15. The lowest BCUT2D eigenvalue weighted by atomic mass is 9.87. The second-order valence-electron chi connectivity index (χ2n) is 9.82. The van der Waals surface area contributed by atoms with Gasteiger partial charge >= 0.3 is 17.8 Å². The number of carboxylic acids is 1. The van der Waals surface area contributed by atoms with Gasteiger partial charge in [0.05, 0.1) is 18.7 Å². The Balaban J connectivity index is 1.99. The van der Waals surface area contributed by atoms with Gasteiger partial charge in [-0.05, 0) is 50.6 Å². The molecule has 2 unspecified atom stereocenters. The summed E-state index contributed by atoms with van der Waals surface area (Å²) in [5.74, 6) is -2.71. The first-order chi connectivity index (χ1) is 18.1. The number of carbonyl (C=O) groups excluding carboxylic acids is 3. The fourth-order valence-corrected chi connectivity index (χ4v) is 5.21. The Labute approximate surface area is 221 Å². The first-order valence-corrected chi connectivity index (χ1v) is 12.3. The number of rotatable bonds is 7. The highest BCUT2D eigenvalue weighted by atomic mass is 16.4. The molecule has 0 saturated carbocycles. The minimum atomic E-state index is -1.53. The second-order valence-corrected chi connectivity index (χ2v) is 9.82. The molecular formula is C29H30N4O5+. The molecule has 4 rings (SSSR count). The number of fused-ring (bicyclic) bond motifs is 1. The lowest BCUT2D eigenvalue weighted by molar-refractivity contribution is -0.151. The highest BCUT2D eigenvalue weighted by Gasteiger charge is 2.61. The van der Waals surface area contributed by atoms with Crippen molar-refractivity contribution >= 4 is 35.1 Å². The molecule has 2 heterocycles. The maximum absolute atomic E-state index is 14.5. The predicted octanol–water partition coefficient (Wildman–Crippen LogP) is 3.71. The molecule has 0 spiro atoms. The Hall–Kier alpha value is -4.37. The minimum Gasteiger partial charge on any atom is -0.478 e. The largest absolute Gasteiger partial charge is 0.478 e. The van der Waals surface area contributed by atoms with Gasteiger partial charge in [0.1, 0.15) is 5.69 Å². The maximum atomic E-state index is 14.5. The standard InChI is InChI=1S/C29H29N4O5/c1-5-33(24(21-12-9-15-30-18-21)25(34)31-17-19-10-7-6-8-11-19)23-14-13-20(26(35)36)16-22(23)32(4)27(37)29(2,3)28(33)38/h6-16,18,24H,5,17H2,1-4H3/p+1. The average molecular weight is 515 g/mol. The van der Waals surface area contributed by atoms with Crippen molar-refractivity contribution in [3.63, 3.8) is 0 Å². The van der Waals surface area contributed by atoms with Crippen LogP contribution >= 0.6 is 0 Å². The lowest BCUT2D eigenvalue weighted by Gasteiger charge is -2.42. The van der Waals surface area contributed by atoms with Crippen molar-refractivity contribution in [3.05, 3.63) is 89.7 Å². The van der Waals surface area contributed by atoms with Gasteiger partial charge in [-0.1, -0.05) is 30.3 Å². The third-order valence-corrected chi connectivity index (χ3v) is 7.18. The Morgan fingerprint density at radius 2 is 1.79 bits per heavy atom. The number of carboxylic acid groups (broad SMARTS) is 1. The van der Waals surface area contributed by atoms with Crippen molar-refractivity contribution in [2.75, 3.05) is 18.5 Å². The molecule has 1 aromatic heterocycles. The number of carbonyl (C=O) groups is 4. The number of benzene rings is 2. The molecule has 0 aliphatic carbocycles. The molecule has 0 saturated heterocycles. The van der Waals surface area contributed by atoms with Crippen molar-refractivity contribution in [2.45, 2.75) is 33.4 Å². The second kappa shape index (κ2) is 10.2. The van der Waals surface area contributed by atoms with Crippen molar-refractivity contribution in [1.29, 1.82) is 0 Å². The number of nitrogens with zero attached hydrogens (tertiary/aromatic N) is 4. The molecule has 195 valence electrons. The molecule has 1 aliphatic heterocycles. The van der Waals surface area contributed by atoms with Gasteiger partial charge in [-0.3, -0.25) is 14.6 Å². The van der Waals surface area contributed by atoms with Crippen LogP contribution in [0.25, 0.3) is 0 Å². The van der Waals surface area contributed by atoms with E-state index in [9.17, 15) is 24.3 Å². The summed E-state index contributed by atoms with van der Waals surface area (Å²) in [4.78, 5) is 59.5. The van der Waals surface area contributed by atoms with Crippen LogP contribution in [0.2, 0.25) is 0 Å². The zero-order valence-electron chi connectivity index (χ0n) is 21.8. The normalized spacial score (nSPS) is 19.3. The number of amides is 3. The zero-order chi connectivity index (χ0) is 27.7. The molecule has 3 amide bonds. The SMILES string of the molecule is CC[N+]1(C(C(=O)[N]Cc2ccccc2)c2cccnc2)C(=O)C(C)(C)C(=O)N(C)c2cc(C(=O)O)ccc21. The molecule has 1 N–H and O–H groups in total. The highest BCUT2D eigenvalue weighted by Crippen LogP contribution is 2.48. The van der Waals surface area contributed by atoms with E-state index in [0.29, 0.717) is 11.3 Å². The molecule has 0 fully saturated rings. The molecule has 1 aliphatic rings. The summed E-state index contributed by atoms with van der Waals surface area (Å²) in [5.41, 5.74) is 0.320. The van der Waals surface area contributed by atoms with Crippen LogP contribution in [0.1, 0.15) is 48.3 Å². The number of anilines is 1. The summed E-state index contributed by atoms with van der Waals surface area (Å²) in [7, 11) is 1.51. The van der Waals surface area contributed by atoms with Crippen LogP contribution in [0.3, 0.4) is 0 Å². The topological polar surface area (TPSA) is 119 Å². The Morgan fingerprint density at radius 1 is 1.08 bits per heavy atom. The van der Waals surface area contributed by atoms with Crippen LogP contribution in [0.15, 0.2) is 73.1 Å². The molecular weight excluding hydrogens is 484 g/mol. The van der Waals surface area contributed by atoms with Gasteiger partial charge in [0.15, 0.2) is 11.1 Å². The van der Waals surface area contributed by atoms with Crippen LogP contribution in [-0.2, 0) is 20.9 Å². The van der Waals surface area contributed by atoms with Gasteiger partial charge in [0.2, 0.25) is 11.9 Å². The third-order valence-electron chi connectivity index (χ3n) is 7.18. The Bertz CT molecular complexity index is 1390. The van der Waals surface area contributed by atoms with E-state index in [2.05, 4.69) is 10.3 Å². The van der Waals surface area contributed by atoms with Crippen LogP contribution < -0.4 is 14.7 Å². The van der Waals surface area contributed by atoms with Gasteiger partial charge in [0, 0.05) is 31.1 Å². The van der Waals surface area contributed by atoms with E-state index in [1.165, 1.54) is 50.2 Å². The summed E-state index contributed by atoms with van der Waals surface area (Å²) in [6.45, 7) is 5.06. The zero-order valence-corrected chi connectivity index (χ0v) is 21.8. The number of hydrogen-bond acceptors (Lipinski definition) is 5. The maximum Gasteiger partial charge on any atom is 0.335 e. The molecule has 2 aromatic carbocycles. The van der Waals surface area contributed by atoms with Gasteiger partial charge in [-0.25, -0.2) is 19.4 Å². The molecule has 9 heteroatoms. The molecule has 1 radical (unpaired) electrons. The van der Waals surface area contributed by atoms with E-state index in [1.807, 2.05) is 30.3 Å². The first-order valence-electron chi connectivity index (χ1n) is 12.3. The number of hydrogen-bond donors (Lipinski definition) is 1. The molecule has 38 heavy (non-hydrogen) atoms. The first kappa shape index (κ1) is 26.7. The van der Waals surface area contributed by atoms with E-state index in [0.717, 1.165) is 5.56 Å². The highest BCUT2D eigenvalue weighted by molar-refractivity contribution is 6.19. The molecule has 3 aromatic rings. The van der Waals surface area contributed by atoms with Gasteiger partial charge in [-0.15, -0.1) is 0 Å². The quantitative estimate of drug-likeness (QED) is 0.379. The molecule has 9 nitrogen and oxygen atoms in total. The number of pyridine rings is 1. The number of aromatic carboxylic acids is 1. The number of likely N-dealkylation sites (N-methyl/N-ethyl adjacent to an activating group) is 1. The Morgan fingerprint density at radius 3 is 2.39 bits per heavy atom. The predicted molar refractivity (Wildman–Crippen MR) is 142 cm³/mol. The fourth-order valence-electron chi connectivity index (χ4n) is 5.21. The van der Waals surface area contributed by atoms with Gasteiger partial charge < -0.3 is 10.0 Å². The van der Waals surface area contributed by atoms with Crippen molar-refractivity contribution in [1.82, 2.24) is 14.8 Å². The summed E-state index contributed by atoms with van der Waals surface area (Å²) in [6, 6.07) is 15.8. The smallest absolute Gasteiger partial charge is 0.335 e. The number of aromatic nitrogens is 1. The van der Waals surface area contributed by atoms with E-state index in [1.54, 1.807) is 25.3 Å². The monoisotopic (exact) mass is 514 g/mol. The average Bonchev–Trinajstić information content (AvgIpc) is 2.97. The lowest BCUT2D eigenvalue weighted by Crippen LogP contribution is -2.64. The molecule has 0 bridgehead atoms. The van der Waals surface area contributed by atoms with E-state index in [4.69, 9.17) is 0 Å². The van der Waals surface area contributed by atoms with Crippen molar-refractivity contribution in [2.24, 2.45) is 5.41 Å². The van der Waals surface area contributed by atoms with Crippen LogP contribution in [-0.4, -0.2) is 47.4 Å². The summed E-state index contributed by atoms with van der Waals surface area (Å²) >= 11 is 0. The van der Waals surface area contributed by atoms with Crippen molar-refractivity contribution in [3.8, 4) is 0 Å². The summed E-state index contributed by atoms with van der Waals surface area (Å²) in [5, 5.41) is 14.0.